The van der Waals surface area contributed by atoms with E-state index >= 15 is 0 Å². The Bertz CT molecular complexity index is 542. The molecule has 1 aromatic heterocycles. The second kappa shape index (κ2) is 6.83. The molecule has 1 aromatic rings. The number of nitrogens with one attached hydrogen (secondary N) is 2. The van der Waals surface area contributed by atoms with Gasteiger partial charge in [-0.2, -0.15) is 0 Å². The van der Waals surface area contributed by atoms with Crippen LogP contribution in [0.25, 0.3) is 0 Å². The maximum absolute atomic E-state index is 12.1. The third-order valence-electron chi connectivity index (χ3n) is 3.10. The highest BCUT2D eigenvalue weighted by atomic mass is 16.4. The van der Waals surface area contributed by atoms with E-state index in [2.05, 4.69) is 15.6 Å². The molecule has 0 saturated heterocycles. The maximum Gasteiger partial charge on any atom is 0.329 e. The molecule has 1 heterocycles. The standard InChI is InChI=1S/C14H19N3O4/c1-4-7-14(2,13(20)21)17-11(18)9-5-6-10(16-8-9)12(19)15-3/h5-6,8H,4,7H2,1-3H3,(H,15,19)(H,17,18)(H,20,21). The molecule has 3 N–H and O–H groups in total. The number of rotatable bonds is 6. The molecular formula is C14H19N3O4. The molecule has 1 rings (SSSR count). The summed E-state index contributed by atoms with van der Waals surface area (Å²) in [6.45, 7) is 3.30. The Morgan fingerprint density at radius 1 is 1.29 bits per heavy atom. The van der Waals surface area contributed by atoms with E-state index in [1.165, 1.54) is 32.3 Å². The highest BCUT2D eigenvalue weighted by molar-refractivity contribution is 5.98. The van der Waals surface area contributed by atoms with Gasteiger partial charge in [0, 0.05) is 13.2 Å². The van der Waals surface area contributed by atoms with Crippen molar-refractivity contribution >= 4 is 17.8 Å². The number of aliphatic carboxylic acids is 1. The lowest BCUT2D eigenvalue weighted by atomic mass is 9.96. The molecule has 0 aromatic carbocycles. The third kappa shape index (κ3) is 4.01. The predicted octanol–water partition coefficient (Wildman–Crippen LogP) is 0.814. The molecule has 0 radical (unpaired) electrons. The van der Waals surface area contributed by atoms with Crippen LogP contribution in [0.2, 0.25) is 0 Å². The van der Waals surface area contributed by atoms with Gasteiger partial charge in [-0.3, -0.25) is 14.6 Å². The Hall–Kier alpha value is -2.44. The topological polar surface area (TPSA) is 108 Å². The minimum Gasteiger partial charge on any atom is -0.480 e. The summed E-state index contributed by atoms with van der Waals surface area (Å²) in [4.78, 5) is 38.6. The van der Waals surface area contributed by atoms with Gasteiger partial charge in [-0.15, -0.1) is 0 Å². The van der Waals surface area contributed by atoms with Crippen LogP contribution in [0, 0.1) is 0 Å². The summed E-state index contributed by atoms with van der Waals surface area (Å²) in [6.07, 6.45) is 2.18. The van der Waals surface area contributed by atoms with E-state index in [4.69, 9.17) is 0 Å². The minimum absolute atomic E-state index is 0.184. The maximum atomic E-state index is 12.1. The highest BCUT2D eigenvalue weighted by Crippen LogP contribution is 2.14. The lowest BCUT2D eigenvalue weighted by Crippen LogP contribution is -2.52. The zero-order valence-corrected chi connectivity index (χ0v) is 12.3. The summed E-state index contributed by atoms with van der Waals surface area (Å²) < 4.78 is 0. The third-order valence-corrected chi connectivity index (χ3v) is 3.10. The van der Waals surface area contributed by atoms with Crippen LogP contribution >= 0.6 is 0 Å². The lowest BCUT2D eigenvalue weighted by Gasteiger charge is -2.25. The molecule has 0 aliphatic carbocycles. The number of hydrogen-bond donors (Lipinski definition) is 3. The average molecular weight is 293 g/mol. The second-order valence-corrected chi connectivity index (χ2v) is 4.85. The van der Waals surface area contributed by atoms with Gasteiger partial charge in [0.05, 0.1) is 5.56 Å². The summed E-state index contributed by atoms with van der Waals surface area (Å²) in [5, 5.41) is 14.1. The number of pyridine rings is 1. The summed E-state index contributed by atoms with van der Waals surface area (Å²) in [5.41, 5.74) is -0.944. The Labute approximate surface area is 122 Å². The van der Waals surface area contributed by atoms with Crippen molar-refractivity contribution in [1.29, 1.82) is 0 Å². The van der Waals surface area contributed by atoms with Crippen molar-refractivity contribution in [3.05, 3.63) is 29.6 Å². The number of carboxylic acid groups (broad SMARTS) is 1. The number of nitrogens with zero attached hydrogens (tertiary/aromatic N) is 1. The molecule has 21 heavy (non-hydrogen) atoms. The number of carbonyl (C=O) groups excluding carboxylic acids is 2. The zero-order chi connectivity index (χ0) is 16.0. The van der Waals surface area contributed by atoms with Gasteiger partial charge in [-0.1, -0.05) is 13.3 Å². The van der Waals surface area contributed by atoms with E-state index in [0.717, 1.165) is 0 Å². The van der Waals surface area contributed by atoms with E-state index in [1.807, 2.05) is 6.92 Å². The van der Waals surface area contributed by atoms with Crippen LogP contribution in [-0.2, 0) is 4.79 Å². The van der Waals surface area contributed by atoms with Gasteiger partial charge in [0.15, 0.2) is 0 Å². The van der Waals surface area contributed by atoms with E-state index in [9.17, 15) is 19.5 Å². The van der Waals surface area contributed by atoms with Gasteiger partial charge in [0.2, 0.25) is 0 Å². The first-order chi connectivity index (χ1) is 9.84. The molecule has 7 nitrogen and oxygen atoms in total. The molecule has 7 heteroatoms. The summed E-state index contributed by atoms with van der Waals surface area (Å²) in [5.74, 6) is -1.99. The molecule has 114 valence electrons. The summed E-state index contributed by atoms with van der Waals surface area (Å²) in [6, 6.07) is 2.84. The van der Waals surface area contributed by atoms with Crippen LogP contribution in [0.5, 0.6) is 0 Å². The van der Waals surface area contributed by atoms with Crippen molar-refractivity contribution in [2.75, 3.05) is 7.05 Å². The lowest BCUT2D eigenvalue weighted by molar-refractivity contribution is -0.144. The number of carbonyl (C=O) groups is 3. The molecule has 2 amide bonds. The first-order valence-electron chi connectivity index (χ1n) is 6.58. The fourth-order valence-corrected chi connectivity index (χ4v) is 1.84. The fourth-order valence-electron chi connectivity index (χ4n) is 1.84. The first-order valence-corrected chi connectivity index (χ1v) is 6.58. The van der Waals surface area contributed by atoms with Gasteiger partial charge in [-0.25, -0.2) is 4.79 Å². The van der Waals surface area contributed by atoms with Crippen molar-refractivity contribution in [2.45, 2.75) is 32.2 Å². The monoisotopic (exact) mass is 293 g/mol. The fraction of sp³-hybridized carbons (Fsp3) is 0.429. The molecule has 0 bridgehead atoms. The van der Waals surface area contributed by atoms with Crippen molar-refractivity contribution in [2.24, 2.45) is 0 Å². The Balaban J connectivity index is 2.88. The molecular weight excluding hydrogens is 274 g/mol. The largest absolute Gasteiger partial charge is 0.480 e. The second-order valence-electron chi connectivity index (χ2n) is 4.85. The van der Waals surface area contributed by atoms with Crippen LogP contribution in [-0.4, -0.2) is 40.5 Å². The van der Waals surface area contributed by atoms with Gasteiger partial charge in [-0.05, 0) is 25.5 Å². The van der Waals surface area contributed by atoms with Gasteiger partial charge in [0.25, 0.3) is 11.8 Å². The first kappa shape index (κ1) is 16.6. The molecule has 1 unspecified atom stereocenters. The molecule has 0 fully saturated rings. The number of carboxylic acids is 1. The summed E-state index contributed by atoms with van der Waals surface area (Å²) >= 11 is 0. The molecule has 1 atom stereocenters. The van der Waals surface area contributed by atoms with Crippen LogP contribution < -0.4 is 10.6 Å². The predicted molar refractivity (Wildman–Crippen MR) is 76.0 cm³/mol. The number of hydrogen-bond acceptors (Lipinski definition) is 4. The van der Waals surface area contributed by atoms with Crippen molar-refractivity contribution in [1.82, 2.24) is 15.6 Å². The Morgan fingerprint density at radius 3 is 2.38 bits per heavy atom. The normalized spacial score (nSPS) is 13.1. The Kier molecular flexibility index (Phi) is 5.40. The molecule has 0 aliphatic rings. The molecule has 0 saturated carbocycles. The van der Waals surface area contributed by atoms with Crippen LogP contribution in [0.1, 0.15) is 47.5 Å². The summed E-state index contributed by atoms with van der Waals surface area (Å²) in [7, 11) is 1.48. The van der Waals surface area contributed by atoms with E-state index in [1.54, 1.807) is 0 Å². The molecule has 0 spiro atoms. The van der Waals surface area contributed by atoms with E-state index in [0.29, 0.717) is 12.8 Å². The quantitative estimate of drug-likeness (QED) is 0.719. The van der Waals surface area contributed by atoms with E-state index in [-0.39, 0.29) is 17.2 Å². The number of amides is 2. The van der Waals surface area contributed by atoms with Gasteiger partial charge >= 0.3 is 5.97 Å². The van der Waals surface area contributed by atoms with Gasteiger partial charge in [0.1, 0.15) is 11.2 Å². The zero-order valence-electron chi connectivity index (χ0n) is 12.3. The number of aromatic nitrogens is 1. The van der Waals surface area contributed by atoms with Crippen LogP contribution in [0.4, 0.5) is 0 Å². The van der Waals surface area contributed by atoms with Crippen molar-refractivity contribution in [3.63, 3.8) is 0 Å². The highest BCUT2D eigenvalue weighted by Gasteiger charge is 2.34. The van der Waals surface area contributed by atoms with E-state index < -0.39 is 17.4 Å². The van der Waals surface area contributed by atoms with Crippen molar-refractivity contribution in [3.8, 4) is 0 Å². The van der Waals surface area contributed by atoms with Crippen LogP contribution in [0.15, 0.2) is 18.3 Å². The molecule has 0 aliphatic heterocycles. The minimum atomic E-state index is -1.33. The smallest absolute Gasteiger partial charge is 0.329 e. The average Bonchev–Trinajstić information content (AvgIpc) is 2.46. The van der Waals surface area contributed by atoms with Crippen LogP contribution in [0.3, 0.4) is 0 Å². The van der Waals surface area contributed by atoms with Gasteiger partial charge < -0.3 is 15.7 Å². The van der Waals surface area contributed by atoms with Crippen molar-refractivity contribution < 1.29 is 19.5 Å². The Morgan fingerprint density at radius 2 is 1.95 bits per heavy atom. The SMILES string of the molecule is CCCC(C)(NC(=O)c1ccc(C(=O)NC)nc1)C(=O)O.